The molecule has 0 saturated heterocycles. The molecule has 1 aliphatic heterocycles. The molecule has 0 bridgehead atoms. The average Bonchev–Trinajstić information content (AvgIpc) is 2.71. The Morgan fingerprint density at radius 2 is 1.81 bits per heavy atom. The number of nitrogens with zero attached hydrogens (tertiary/aromatic N) is 1. The first-order chi connectivity index (χ1) is 13.2. The molecule has 4 rings (SSSR count). The first-order valence-electron chi connectivity index (χ1n) is 9.49. The first kappa shape index (κ1) is 17.6. The van der Waals surface area contributed by atoms with Crippen LogP contribution in [0.15, 0.2) is 71.5 Å². The van der Waals surface area contributed by atoms with Crippen molar-refractivity contribution < 1.29 is 0 Å². The Kier molecular flexibility index (Phi) is 4.82. The fourth-order valence-corrected chi connectivity index (χ4v) is 4.04. The maximum atomic E-state index is 12.9. The summed E-state index contributed by atoms with van der Waals surface area (Å²) in [6.45, 7) is 0. The van der Waals surface area contributed by atoms with Gasteiger partial charge >= 0.3 is 0 Å². The number of hydrogen-bond donors (Lipinski definition) is 2. The molecule has 138 valence electrons. The highest BCUT2D eigenvalue weighted by atomic mass is 16.1. The lowest BCUT2D eigenvalue weighted by Crippen LogP contribution is -2.44. The molecule has 4 heteroatoms. The van der Waals surface area contributed by atoms with Gasteiger partial charge in [-0.25, -0.2) is 0 Å². The van der Waals surface area contributed by atoms with E-state index in [1.54, 1.807) is 7.05 Å². The lowest BCUT2D eigenvalue weighted by Gasteiger charge is -2.33. The predicted molar refractivity (Wildman–Crippen MR) is 111 cm³/mol. The second kappa shape index (κ2) is 7.41. The Morgan fingerprint density at radius 1 is 1.04 bits per heavy atom. The molecule has 0 amide bonds. The van der Waals surface area contributed by atoms with Gasteiger partial charge in [0.25, 0.3) is 5.56 Å². The van der Waals surface area contributed by atoms with Crippen LogP contribution in [0.4, 0.5) is 5.69 Å². The van der Waals surface area contributed by atoms with Gasteiger partial charge in [0, 0.05) is 18.8 Å². The van der Waals surface area contributed by atoms with Gasteiger partial charge in [0.15, 0.2) is 0 Å². The second-order valence-corrected chi connectivity index (χ2v) is 7.20. The van der Waals surface area contributed by atoms with E-state index >= 15 is 0 Å². The van der Waals surface area contributed by atoms with Gasteiger partial charge in [0.2, 0.25) is 0 Å². The van der Waals surface area contributed by atoms with E-state index in [1.807, 2.05) is 34.9 Å². The van der Waals surface area contributed by atoms with Crippen molar-refractivity contribution in [1.29, 1.82) is 0 Å². The van der Waals surface area contributed by atoms with Gasteiger partial charge in [-0.15, -0.1) is 0 Å². The maximum Gasteiger partial charge on any atom is 0.274 e. The molecule has 0 saturated carbocycles. The summed E-state index contributed by atoms with van der Waals surface area (Å²) in [6.07, 6.45) is 2.50. The SMILES string of the molecule is CNc1ccc2n(c1=O)C(Cc1cccc(-c3ccccc3)c1)C(N)CC2. The van der Waals surface area contributed by atoms with Crippen molar-refractivity contribution in [1.82, 2.24) is 4.57 Å². The van der Waals surface area contributed by atoms with Crippen molar-refractivity contribution in [2.24, 2.45) is 5.73 Å². The standard InChI is InChI=1S/C23H25N3O/c1-25-21-13-11-19-10-12-20(24)22(26(19)23(21)27)15-16-6-5-9-18(14-16)17-7-3-2-4-8-17/h2-9,11,13-14,20,22,25H,10,12,15,24H2,1H3. The average molecular weight is 359 g/mol. The summed E-state index contributed by atoms with van der Waals surface area (Å²) in [7, 11) is 1.78. The topological polar surface area (TPSA) is 60.0 Å². The molecule has 2 aromatic carbocycles. The Labute approximate surface area is 159 Å². The van der Waals surface area contributed by atoms with Gasteiger partial charge in [-0.1, -0.05) is 54.6 Å². The quantitative estimate of drug-likeness (QED) is 0.748. The van der Waals surface area contributed by atoms with E-state index in [1.165, 1.54) is 16.7 Å². The van der Waals surface area contributed by atoms with Crippen molar-refractivity contribution in [2.75, 3.05) is 12.4 Å². The fraction of sp³-hybridized carbons (Fsp3) is 0.261. The number of anilines is 1. The van der Waals surface area contributed by atoms with Crippen molar-refractivity contribution in [3.63, 3.8) is 0 Å². The number of aromatic nitrogens is 1. The van der Waals surface area contributed by atoms with E-state index in [4.69, 9.17) is 5.73 Å². The number of nitrogens with two attached hydrogens (primary N) is 1. The lowest BCUT2D eigenvalue weighted by atomic mass is 9.90. The molecular weight excluding hydrogens is 334 g/mol. The van der Waals surface area contributed by atoms with Crippen molar-refractivity contribution in [2.45, 2.75) is 31.3 Å². The van der Waals surface area contributed by atoms with Crippen LogP contribution in [0.1, 0.15) is 23.7 Å². The Balaban J connectivity index is 1.71. The first-order valence-corrected chi connectivity index (χ1v) is 9.49. The monoisotopic (exact) mass is 359 g/mol. The smallest absolute Gasteiger partial charge is 0.274 e. The summed E-state index contributed by atoms with van der Waals surface area (Å²) in [5.74, 6) is 0. The molecule has 0 fully saturated rings. The molecule has 0 aliphatic carbocycles. The van der Waals surface area contributed by atoms with E-state index in [0.29, 0.717) is 5.69 Å². The summed E-state index contributed by atoms with van der Waals surface area (Å²) < 4.78 is 1.91. The van der Waals surface area contributed by atoms with Crippen LogP contribution in [-0.4, -0.2) is 17.7 Å². The molecule has 0 radical (unpaired) electrons. The highest BCUT2D eigenvalue weighted by Crippen LogP contribution is 2.28. The summed E-state index contributed by atoms with van der Waals surface area (Å²) in [6, 6.07) is 22.8. The minimum Gasteiger partial charge on any atom is -0.384 e. The molecule has 0 spiro atoms. The van der Waals surface area contributed by atoms with Gasteiger partial charge in [-0.05, 0) is 48.1 Å². The van der Waals surface area contributed by atoms with Crippen molar-refractivity contribution in [3.8, 4) is 11.1 Å². The van der Waals surface area contributed by atoms with Gasteiger partial charge in [-0.2, -0.15) is 0 Å². The summed E-state index contributed by atoms with van der Waals surface area (Å²) >= 11 is 0. The van der Waals surface area contributed by atoms with Crippen LogP contribution >= 0.6 is 0 Å². The number of aryl methyl sites for hydroxylation is 1. The van der Waals surface area contributed by atoms with Crippen LogP contribution < -0.4 is 16.6 Å². The Hall–Kier alpha value is -2.85. The Bertz CT molecular complexity index is 994. The highest BCUT2D eigenvalue weighted by Gasteiger charge is 2.28. The van der Waals surface area contributed by atoms with E-state index < -0.39 is 0 Å². The predicted octanol–water partition coefficient (Wildman–Crippen LogP) is 3.61. The van der Waals surface area contributed by atoms with E-state index in [0.717, 1.165) is 25.0 Å². The molecule has 27 heavy (non-hydrogen) atoms. The normalized spacial score (nSPS) is 18.7. The number of fused-ring (bicyclic) bond motifs is 1. The zero-order valence-electron chi connectivity index (χ0n) is 15.6. The van der Waals surface area contributed by atoms with Crippen LogP contribution in [0, 0.1) is 0 Å². The molecule has 1 aliphatic rings. The Morgan fingerprint density at radius 3 is 2.59 bits per heavy atom. The number of rotatable bonds is 4. The number of nitrogens with one attached hydrogen (secondary N) is 1. The number of hydrogen-bond acceptors (Lipinski definition) is 3. The molecule has 4 nitrogen and oxygen atoms in total. The zero-order valence-corrected chi connectivity index (χ0v) is 15.6. The van der Waals surface area contributed by atoms with Crippen LogP contribution in [0.3, 0.4) is 0 Å². The van der Waals surface area contributed by atoms with Gasteiger partial charge in [-0.3, -0.25) is 4.79 Å². The maximum absolute atomic E-state index is 12.9. The van der Waals surface area contributed by atoms with Crippen LogP contribution in [0.2, 0.25) is 0 Å². The van der Waals surface area contributed by atoms with Gasteiger partial charge < -0.3 is 15.6 Å². The summed E-state index contributed by atoms with van der Waals surface area (Å²) in [5.41, 5.74) is 11.8. The molecule has 3 aromatic rings. The minimum absolute atomic E-state index is 0.0226. The molecule has 2 unspecified atom stereocenters. The van der Waals surface area contributed by atoms with Crippen molar-refractivity contribution in [3.05, 3.63) is 88.3 Å². The van der Waals surface area contributed by atoms with E-state index in [-0.39, 0.29) is 17.6 Å². The van der Waals surface area contributed by atoms with Gasteiger partial charge in [0.05, 0.1) is 6.04 Å². The largest absolute Gasteiger partial charge is 0.384 e. The van der Waals surface area contributed by atoms with E-state index in [9.17, 15) is 4.79 Å². The second-order valence-electron chi connectivity index (χ2n) is 7.20. The van der Waals surface area contributed by atoms with Crippen LogP contribution in [0.25, 0.3) is 11.1 Å². The zero-order chi connectivity index (χ0) is 18.8. The third kappa shape index (κ3) is 3.40. The molecule has 2 atom stereocenters. The molecular formula is C23H25N3O. The molecule has 1 aromatic heterocycles. The van der Waals surface area contributed by atoms with Gasteiger partial charge in [0.1, 0.15) is 5.69 Å². The molecule has 3 N–H and O–H groups in total. The number of benzene rings is 2. The highest BCUT2D eigenvalue weighted by molar-refractivity contribution is 5.64. The minimum atomic E-state index is -0.0272. The number of pyridine rings is 1. The van der Waals surface area contributed by atoms with Crippen molar-refractivity contribution >= 4 is 5.69 Å². The van der Waals surface area contributed by atoms with E-state index in [2.05, 4.69) is 41.7 Å². The van der Waals surface area contributed by atoms with Crippen LogP contribution in [-0.2, 0) is 12.8 Å². The summed E-state index contributed by atoms with van der Waals surface area (Å²) in [4.78, 5) is 12.9. The third-order valence-corrected chi connectivity index (χ3v) is 5.51. The third-order valence-electron chi connectivity index (χ3n) is 5.51. The fourth-order valence-electron chi connectivity index (χ4n) is 4.04. The van der Waals surface area contributed by atoms with Crippen LogP contribution in [0.5, 0.6) is 0 Å². The summed E-state index contributed by atoms with van der Waals surface area (Å²) in [5, 5.41) is 3.00. The lowest BCUT2D eigenvalue weighted by molar-refractivity contribution is 0.335. The molecule has 2 heterocycles.